The van der Waals surface area contributed by atoms with E-state index in [9.17, 15) is 4.79 Å². The number of carbonyl (C=O) groups is 1. The van der Waals surface area contributed by atoms with Gasteiger partial charge >= 0.3 is 0 Å². The Morgan fingerprint density at radius 1 is 1.14 bits per heavy atom. The maximum atomic E-state index is 12.1. The van der Waals surface area contributed by atoms with Gasteiger partial charge in [-0.1, -0.05) is 6.92 Å². The Morgan fingerprint density at radius 3 is 2.65 bits per heavy atom. The van der Waals surface area contributed by atoms with E-state index in [1.807, 2.05) is 41.9 Å². The molecule has 37 heavy (non-hydrogen) atoms. The van der Waals surface area contributed by atoms with Gasteiger partial charge in [0, 0.05) is 67.9 Å². The number of hydrogen-bond donors (Lipinski definition) is 0. The summed E-state index contributed by atoms with van der Waals surface area (Å²) in [5.74, 6) is 0.855. The van der Waals surface area contributed by atoms with Gasteiger partial charge in [-0.15, -0.1) is 0 Å². The Labute approximate surface area is 218 Å². The van der Waals surface area contributed by atoms with E-state index in [0.717, 1.165) is 67.2 Å². The maximum absolute atomic E-state index is 12.1. The van der Waals surface area contributed by atoms with Crippen LogP contribution in [-0.4, -0.2) is 82.0 Å². The number of methoxy groups -OCH3 is 1. The highest BCUT2D eigenvalue weighted by Gasteiger charge is 2.26. The van der Waals surface area contributed by atoms with Gasteiger partial charge in [-0.25, -0.2) is 9.67 Å². The van der Waals surface area contributed by atoms with Crippen LogP contribution in [0.5, 0.6) is 5.88 Å². The van der Waals surface area contributed by atoms with Crippen LogP contribution in [0.15, 0.2) is 30.6 Å². The van der Waals surface area contributed by atoms with E-state index in [1.54, 1.807) is 7.11 Å². The van der Waals surface area contributed by atoms with Crippen molar-refractivity contribution < 1.29 is 14.3 Å². The average molecular weight is 505 g/mol. The van der Waals surface area contributed by atoms with Crippen molar-refractivity contribution in [1.82, 2.24) is 29.5 Å². The van der Waals surface area contributed by atoms with Crippen LogP contribution in [-0.2, 0) is 22.4 Å². The number of hydrogen-bond acceptors (Lipinski definition) is 7. The number of aryl methyl sites for hydroxylation is 1. The summed E-state index contributed by atoms with van der Waals surface area (Å²) in [5, 5.41) is 5.12. The number of ether oxygens (including phenoxy) is 2. The molecule has 196 valence electrons. The van der Waals surface area contributed by atoms with Crippen molar-refractivity contribution in [1.29, 1.82) is 0 Å². The number of fused-ring (bicyclic) bond motifs is 1. The molecule has 0 aliphatic carbocycles. The zero-order valence-corrected chi connectivity index (χ0v) is 22.2. The van der Waals surface area contributed by atoms with Gasteiger partial charge < -0.3 is 14.4 Å². The summed E-state index contributed by atoms with van der Waals surface area (Å²) in [5.41, 5.74) is 7.34. The summed E-state index contributed by atoms with van der Waals surface area (Å²) >= 11 is 0. The molecule has 3 aromatic heterocycles. The number of piperazine rings is 1. The number of nitrogens with zero attached hydrogens (tertiary/aromatic N) is 6. The molecule has 0 saturated carbocycles. The average Bonchev–Trinajstić information content (AvgIpc) is 3.12. The van der Waals surface area contributed by atoms with E-state index in [0.29, 0.717) is 25.5 Å². The summed E-state index contributed by atoms with van der Waals surface area (Å²) in [6.45, 7) is 10.7. The Kier molecular flexibility index (Phi) is 7.53. The molecule has 9 nitrogen and oxygen atoms in total. The normalized spacial score (nSPS) is 17.2. The second-order valence-corrected chi connectivity index (χ2v) is 9.73. The van der Waals surface area contributed by atoms with E-state index in [1.165, 1.54) is 11.3 Å². The number of aromatic nitrogens is 4. The highest BCUT2D eigenvalue weighted by Crippen LogP contribution is 2.32. The van der Waals surface area contributed by atoms with Crippen LogP contribution in [0, 0.1) is 6.92 Å². The Hall–Kier alpha value is -3.30. The van der Waals surface area contributed by atoms with E-state index in [4.69, 9.17) is 19.6 Å². The quantitative estimate of drug-likeness (QED) is 0.509. The molecule has 2 aliphatic rings. The lowest BCUT2D eigenvalue weighted by Crippen LogP contribution is -2.49. The zero-order chi connectivity index (χ0) is 25.9. The second-order valence-electron chi connectivity index (χ2n) is 9.73. The first kappa shape index (κ1) is 25.4. The van der Waals surface area contributed by atoms with Crippen LogP contribution < -0.4 is 4.74 Å². The highest BCUT2D eigenvalue weighted by atomic mass is 16.5. The van der Waals surface area contributed by atoms with Crippen molar-refractivity contribution in [2.75, 3.05) is 46.5 Å². The molecule has 0 bridgehead atoms. The number of carbonyl (C=O) groups excluding carboxylic acids is 1. The summed E-state index contributed by atoms with van der Waals surface area (Å²) in [6, 6.07) is 6.43. The van der Waals surface area contributed by atoms with Crippen LogP contribution in [0.1, 0.15) is 48.8 Å². The summed E-state index contributed by atoms with van der Waals surface area (Å²) in [7, 11) is 1.64. The van der Waals surface area contributed by atoms with Gasteiger partial charge in [-0.2, -0.15) is 5.10 Å². The second kappa shape index (κ2) is 11.0. The minimum Gasteiger partial charge on any atom is -0.481 e. The highest BCUT2D eigenvalue weighted by molar-refractivity contribution is 5.75. The van der Waals surface area contributed by atoms with Gasteiger partial charge in [0.05, 0.1) is 49.3 Å². The van der Waals surface area contributed by atoms with Crippen LogP contribution >= 0.6 is 0 Å². The fraction of sp³-hybridized carbons (Fsp3) is 0.500. The van der Waals surface area contributed by atoms with Gasteiger partial charge in [0.1, 0.15) is 0 Å². The number of amides is 1. The molecule has 0 unspecified atom stereocenters. The van der Waals surface area contributed by atoms with Crippen LogP contribution in [0.4, 0.5) is 0 Å². The van der Waals surface area contributed by atoms with Crippen molar-refractivity contribution in [2.24, 2.45) is 0 Å². The third-order valence-electron chi connectivity index (χ3n) is 7.52. The minimum atomic E-state index is 0.149. The lowest BCUT2D eigenvalue weighted by Gasteiger charge is -2.37. The third-order valence-corrected chi connectivity index (χ3v) is 7.52. The van der Waals surface area contributed by atoms with E-state index >= 15 is 0 Å². The Balaban J connectivity index is 1.46. The fourth-order valence-electron chi connectivity index (χ4n) is 5.37. The SMILES string of the molecule is CCC(=O)N1CCN([C@@H](C)c2cc(-c3nn(-c4cnc(OC)c(C)c4)c4c3CCOCC4)ccn2)CC1. The van der Waals surface area contributed by atoms with Crippen molar-refractivity contribution >= 4 is 5.91 Å². The first-order valence-corrected chi connectivity index (χ1v) is 13.2. The van der Waals surface area contributed by atoms with Crippen LogP contribution in [0.3, 0.4) is 0 Å². The summed E-state index contributed by atoms with van der Waals surface area (Å²) in [4.78, 5) is 25.7. The van der Waals surface area contributed by atoms with Crippen LogP contribution in [0.25, 0.3) is 16.9 Å². The fourth-order valence-corrected chi connectivity index (χ4v) is 5.37. The minimum absolute atomic E-state index is 0.149. The van der Waals surface area contributed by atoms with Gasteiger partial charge in [-0.05, 0) is 38.5 Å². The third kappa shape index (κ3) is 5.10. The predicted molar refractivity (Wildman–Crippen MR) is 141 cm³/mol. The molecule has 3 aromatic rings. The molecule has 5 heterocycles. The number of pyridine rings is 2. The smallest absolute Gasteiger partial charge is 0.222 e. The van der Waals surface area contributed by atoms with Crippen LogP contribution in [0.2, 0.25) is 0 Å². The molecule has 5 rings (SSSR count). The Morgan fingerprint density at radius 2 is 1.92 bits per heavy atom. The molecule has 1 amide bonds. The van der Waals surface area contributed by atoms with Crippen molar-refractivity contribution in [2.45, 2.75) is 46.1 Å². The zero-order valence-electron chi connectivity index (χ0n) is 22.2. The number of rotatable bonds is 6. The van der Waals surface area contributed by atoms with Gasteiger partial charge in [0.25, 0.3) is 0 Å². The summed E-state index contributed by atoms with van der Waals surface area (Å²) < 4.78 is 13.2. The van der Waals surface area contributed by atoms with E-state index in [2.05, 4.69) is 28.9 Å². The van der Waals surface area contributed by atoms with Gasteiger partial charge in [0.2, 0.25) is 11.8 Å². The molecule has 1 atom stereocenters. The molecule has 1 fully saturated rings. The standard InChI is InChI=1S/C28H36N6O3/c1-5-26(35)33-12-10-32(11-13-33)20(3)24-17-21(6-9-29-24)27-23-7-14-37-15-8-25(23)34(31-27)22-16-19(2)28(36-4)30-18-22/h6,9,16-18,20H,5,7-8,10-15H2,1-4H3/t20-/m0/s1. The van der Waals surface area contributed by atoms with E-state index in [-0.39, 0.29) is 11.9 Å². The van der Waals surface area contributed by atoms with Crippen molar-refractivity contribution in [3.8, 4) is 22.8 Å². The summed E-state index contributed by atoms with van der Waals surface area (Å²) in [6.07, 6.45) is 5.87. The molecule has 9 heteroatoms. The monoisotopic (exact) mass is 504 g/mol. The molecule has 0 aromatic carbocycles. The molecule has 0 N–H and O–H groups in total. The molecule has 2 aliphatic heterocycles. The topological polar surface area (TPSA) is 85.6 Å². The largest absolute Gasteiger partial charge is 0.481 e. The molecule has 0 spiro atoms. The molecule has 0 radical (unpaired) electrons. The maximum Gasteiger partial charge on any atom is 0.222 e. The molecule has 1 saturated heterocycles. The van der Waals surface area contributed by atoms with Crippen molar-refractivity contribution in [3.63, 3.8) is 0 Å². The lowest BCUT2D eigenvalue weighted by atomic mass is 10.0. The first-order valence-electron chi connectivity index (χ1n) is 13.2. The predicted octanol–water partition coefficient (Wildman–Crippen LogP) is 3.38. The molecular formula is C28H36N6O3. The van der Waals surface area contributed by atoms with E-state index < -0.39 is 0 Å². The van der Waals surface area contributed by atoms with Gasteiger partial charge in [-0.3, -0.25) is 14.7 Å². The molecular weight excluding hydrogens is 468 g/mol. The lowest BCUT2D eigenvalue weighted by molar-refractivity contribution is -0.132. The van der Waals surface area contributed by atoms with Crippen molar-refractivity contribution in [3.05, 3.63) is 53.1 Å². The first-order chi connectivity index (χ1) is 18.0. The Bertz CT molecular complexity index is 1260. The van der Waals surface area contributed by atoms with Gasteiger partial charge in [0.15, 0.2) is 0 Å².